The van der Waals surface area contributed by atoms with E-state index in [9.17, 15) is 4.21 Å². The summed E-state index contributed by atoms with van der Waals surface area (Å²) >= 11 is 0. The summed E-state index contributed by atoms with van der Waals surface area (Å²) < 4.78 is 13.0. The van der Waals surface area contributed by atoms with Crippen LogP contribution in [0.3, 0.4) is 0 Å². The molecule has 2 aromatic rings. The SMILES string of the molecule is CCNC1c2ccccc2CC1S(=O)c1ccc(C)cc1. The monoisotopic (exact) mass is 299 g/mol. The van der Waals surface area contributed by atoms with Gasteiger partial charge in [-0.25, -0.2) is 0 Å². The molecule has 0 spiro atoms. The van der Waals surface area contributed by atoms with Crippen molar-refractivity contribution in [3.05, 3.63) is 65.2 Å². The van der Waals surface area contributed by atoms with Gasteiger partial charge in [-0.3, -0.25) is 4.21 Å². The molecule has 0 radical (unpaired) electrons. The molecular weight excluding hydrogens is 278 g/mol. The number of aryl methyl sites for hydroxylation is 1. The Hall–Kier alpha value is -1.45. The van der Waals surface area contributed by atoms with Crippen LogP contribution < -0.4 is 5.32 Å². The van der Waals surface area contributed by atoms with Crippen molar-refractivity contribution in [2.75, 3.05) is 6.54 Å². The quantitative estimate of drug-likeness (QED) is 0.938. The molecule has 0 amide bonds. The van der Waals surface area contributed by atoms with E-state index in [-0.39, 0.29) is 11.3 Å². The van der Waals surface area contributed by atoms with Crippen LogP contribution in [0.1, 0.15) is 29.7 Å². The van der Waals surface area contributed by atoms with E-state index >= 15 is 0 Å². The van der Waals surface area contributed by atoms with Gasteiger partial charge >= 0.3 is 0 Å². The van der Waals surface area contributed by atoms with E-state index in [1.165, 1.54) is 16.7 Å². The van der Waals surface area contributed by atoms with Gasteiger partial charge in [0, 0.05) is 10.9 Å². The van der Waals surface area contributed by atoms with Crippen LogP contribution in [0, 0.1) is 6.92 Å². The van der Waals surface area contributed by atoms with Crippen molar-refractivity contribution in [1.82, 2.24) is 5.32 Å². The molecule has 0 fully saturated rings. The first-order chi connectivity index (χ1) is 10.2. The molecule has 0 aromatic heterocycles. The lowest BCUT2D eigenvalue weighted by atomic mass is 10.1. The Morgan fingerprint density at radius 1 is 1.14 bits per heavy atom. The van der Waals surface area contributed by atoms with Crippen molar-refractivity contribution in [2.24, 2.45) is 0 Å². The third-order valence-electron chi connectivity index (χ3n) is 4.14. The number of fused-ring (bicyclic) bond motifs is 1. The van der Waals surface area contributed by atoms with Crippen LogP contribution in [0.2, 0.25) is 0 Å². The number of rotatable bonds is 4. The third kappa shape index (κ3) is 2.81. The Labute approximate surface area is 129 Å². The van der Waals surface area contributed by atoms with Gasteiger partial charge in [0.2, 0.25) is 0 Å². The molecule has 1 aliphatic carbocycles. The largest absolute Gasteiger partial charge is 0.309 e. The fourth-order valence-corrected chi connectivity index (χ4v) is 4.64. The summed E-state index contributed by atoms with van der Waals surface area (Å²) in [6.45, 7) is 5.05. The summed E-state index contributed by atoms with van der Waals surface area (Å²) in [4.78, 5) is 0.932. The molecule has 3 heteroatoms. The normalized spacial score (nSPS) is 22.0. The van der Waals surface area contributed by atoms with E-state index in [2.05, 4.69) is 43.4 Å². The summed E-state index contributed by atoms with van der Waals surface area (Å²) in [5, 5.41) is 3.64. The summed E-state index contributed by atoms with van der Waals surface area (Å²) in [7, 11) is -0.987. The highest BCUT2D eigenvalue weighted by Crippen LogP contribution is 2.36. The van der Waals surface area contributed by atoms with Crippen molar-refractivity contribution < 1.29 is 4.21 Å². The van der Waals surface area contributed by atoms with Gasteiger partial charge < -0.3 is 5.32 Å². The second-order valence-corrected chi connectivity index (χ2v) is 7.26. The Balaban J connectivity index is 1.91. The number of hydrogen-bond acceptors (Lipinski definition) is 2. The van der Waals surface area contributed by atoms with E-state index in [0.717, 1.165) is 17.9 Å². The predicted molar refractivity (Wildman–Crippen MR) is 87.9 cm³/mol. The molecule has 0 bridgehead atoms. The van der Waals surface area contributed by atoms with Crippen molar-refractivity contribution in [2.45, 2.75) is 36.5 Å². The number of benzene rings is 2. The van der Waals surface area contributed by atoms with Crippen molar-refractivity contribution in [3.63, 3.8) is 0 Å². The molecule has 3 unspecified atom stereocenters. The molecule has 2 nitrogen and oxygen atoms in total. The first-order valence-electron chi connectivity index (χ1n) is 7.49. The zero-order valence-corrected chi connectivity index (χ0v) is 13.3. The van der Waals surface area contributed by atoms with Crippen molar-refractivity contribution in [3.8, 4) is 0 Å². The molecule has 0 saturated heterocycles. The average molecular weight is 299 g/mol. The second-order valence-electron chi connectivity index (χ2n) is 5.59. The van der Waals surface area contributed by atoms with E-state index in [1.807, 2.05) is 24.3 Å². The van der Waals surface area contributed by atoms with E-state index < -0.39 is 10.8 Å². The van der Waals surface area contributed by atoms with Gasteiger partial charge in [0.05, 0.1) is 16.0 Å². The van der Waals surface area contributed by atoms with Gasteiger partial charge in [-0.15, -0.1) is 0 Å². The van der Waals surface area contributed by atoms with Crippen LogP contribution in [-0.4, -0.2) is 16.0 Å². The minimum Gasteiger partial charge on any atom is -0.309 e. The molecule has 0 heterocycles. The summed E-state index contributed by atoms with van der Waals surface area (Å²) in [5.74, 6) is 0. The van der Waals surface area contributed by atoms with Crippen molar-refractivity contribution >= 4 is 10.8 Å². The Morgan fingerprint density at radius 2 is 1.86 bits per heavy atom. The summed E-state index contributed by atoms with van der Waals surface area (Å²) in [6.07, 6.45) is 0.883. The summed E-state index contributed by atoms with van der Waals surface area (Å²) in [5.41, 5.74) is 3.84. The smallest absolute Gasteiger partial charge is 0.0630 e. The Bertz CT molecular complexity index is 651. The van der Waals surface area contributed by atoms with Gasteiger partial charge in [0.15, 0.2) is 0 Å². The molecule has 21 heavy (non-hydrogen) atoms. The molecule has 0 aliphatic heterocycles. The maximum atomic E-state index is 13.0. The number of hydrogen-bond donors (Lipinski definition) is 1. The molecule has 0 saturated carbocycles. The van der Waals surface area contributed by atoms with Crippen LogP contribution in [0.15, 0.2) is 53.4 Å². The molecule has 1 aliphatic rings. The highest BCUT2D eigenvalue weighted by Gasteiger charge is 2.36. The van der Waals surface area contributed by atoms with Gasteiger partial charge in [-0.2, -0.15) is 0 Å². The zero-order valence-electron chi connectivity index (χ0n) is 12.5. The molecule has 110 valence electrons. The first kappa shape index (κ1) is 14.5. The molecule has 3 atom stereocenters. The van der Waals surface area contributed by atoms with Crippen LogP contribution >= 0.6 is 0 Å². The fourth-order valence-electron chi connectivity index (χ4n) is 3.07. The molecule has 3 rings (SSSR count). The highest BCUT2D eigenvalue weighted by molar-refractivity contribution is 7.85. The van der Waals surface area contributed by atoms with Gasteiger partial charge in [-0.05, 0) is 43.1 Å². The van der Waals surface area contributed by atoms with Crippen LogP contribution in [-0.2, 0) is 17.2 Å². The first-order valence-corrected chi connectivity index (χ1v) is 8.70. The van der Waals surface area contributed by atoms with Gasteiger partial charge in [0.25, 0.3) is 0 Å². The lowest BCUT2D eigenvalue weighted by Crippen LogP contribution is -2.31. The Morgan fingerprint density at radius 3 is 2.57 bits per heavy atom. The lowest BCUT2D eigenvalue weighted by molar-refractivity contribution is 0.546. The highest BCUT2D eigenvalue weighted by atomic mass is 32.2. The lowest BCUT2D eigenvalue weighted by Gasteiger charge is -2.21. The standard InChI is InChI=1S/C18H21NOS/c1-3-19-18-16-7-5-4-6-14(16)12-17(18)21(20)15-10-8-13(2)9-11-15/h4-11,17-19H,3,12H2,1-2H3. The maximum absolute atomic E-state index is 13.0. The van der Waals surface area contributed by atoms with E-state index in [1.54, 1.807) is 0 Å². The molecule has 2 aromatic carbocycles. The maximum Gasteiger partial charge on any atom is 0.0630 e. The average Bonchev–Trinajstić information content (AvgIpc) is 2.87. The van der Waals surface area contributed by atoms with Gasteiger partial charge in [-0.1, -0.05) is 48.9 Å². The molecular formula is C18H21NOS. The molecule has 1 N–H and O–H groups in total. The van der Waals surface area contributed by atoms with Crippen molar-refractivity contribution in [1.29, 1.82) is 0 Å². The van der Waals surface area contributed by atoms with Crippen LogP contribution in [0.4, 0.5) is 0 Å². The van der Waals surface area contributed by atoms with Crippen LogP contribution in [0.25, 0.3) is 0 Å². The second kappa shape index (κ2) is 6.12. The zero-order chi connectivity index (χ0) is 14.8. The summed E-state index contributed by atoms with van der Waals surface area (Å²) in [6, 6.07) is 16.7. The van der Waals surface area contributed by atoms with Crippen LogP contribution in [0.5, 0.6) is 0 Å². The predicted octanol–water partition coefficient (Wildman–Crippen LogP) is 3.38. The van der Waals surface area contributed by atoms with E-state index in [0.29, 0.717) is 0 Å². The van der Waals surface area contributed by atoms with E-state index in [4.69, 9.17) is 0 Å². The topological polar surface area (TPSA) is 29.1 Å². The minimum atomic E-state index is -0.987. The Kier molecular flexibility index (Phi) is 4.22. The third-order valence-corrected chi connectivity index (χ3v) is 5.86. The van der Waals surface area contributed by atoms with Gasteiger partial charge in [0.1, 0.15) is 0 Å². The number of nitrogens with one attached hydrogen (secondary N) is 1. The fraction of sp³-hybridized carbons (Fsp3) is 0.333. The minimum absolute atomic E-state index is 0.116.